The summed E-state index contributed by atoms with van der Waals surface area (Å²) < 4.78 is 30.3. The van der Waals surface area contributed by atoms with E-state index in [4.69, 9.17) is 4.42 Å². The third-order valence-corrected chi connectivity index (χ3v) is 6.85. The third-order valence-electron chi connectivity index (χ3n) is 5.15. The maximum atomic E-state index is 12.3. The zero-order chi connectivity index (χ0) is 17.4. The second-order valence-corrected chi connectivity index (χ2v) is 9.14. The molecule has 2 aliphatic heterocycles. The highest BCUT2D eigenvalue weighted by atomic mass is 32.2. The molecule has 2 aromatic heterocycles. The standard InChI is InChI=1S/C18H23N3O3S/c1-14-5-6-16(24-14)11-21-9-8-20(10-15-4-2-3-7-19-15)17-12-25(22,23)13-18(17)21/h2-7,17-18H,8-13H2,1H3/t17-,18+/m1/s1. The van der Waals surface area contributed by atoms with Crippen LogP contribution in [0.5, 0.6) is 0 Å². The number of pyridine rings is 1. The fourth-order valence-corrected chi connectivity index (χ4v) is 6.00. The molecular weight excluding hydrogens is 338 g/mol. The normalized spacial score (nSPS) is 26.6. The Bertz CT molecular complexity index is 834. The fourth-order valence-electron chi connectivity index (χ4n) is 3.96. The molecule has 0 bridgehead atoms. The van der Waals surface area contributed by atoms with Crippen molar-refractivity contribution in [2.45, 2.75) is 32.1 Å². The molecule has 2 saturated heterocycles. The Morgan fingerprint density at radius 1 is 1.08 bits per heavy atom. The molecule has 0 unspecified atom stereocenters. The second-order valence-electron chi connectivity index (χ2n) is 6.99. The SMILES string of the molecule is Cc1ccc(CN2CCN(Cc3ccccn3)[C@@H]3CS(=O)(=O)C[C@@H]32)o1. The Labute approximate surface area is 148 Å². The summed E-state index contributed by atoms with van der Waals surface area (Å²) >= 11 is 0. The van der Waals surface area contributed by atoms with Gasteiger partial charge < -0.3 is 4.42 Å². The minimum absolute atomic E-state index is 0.0212. The first-order valence-corrected chi connectivity index (χ1v) is 10.5. The van der Waals surface area contributed by atoms with Crippen LogP contribution in [-0.4, -0.2) is 59.9 Å². The molecule has 25 heavy (non-hydrogen) atoms. The Balaban J connectivity index is 1.53. The average molecular weight is 361 g/mol. The van der Waals surface area contributed by atoms with Crippen LogP contribution in [0, 0.1) is 6.92 Å². The molecule has 0 aliphatic carbocycles. The molecule has 0 amide bonds. The first-order chi connectivity index (χ1) is 12.0. The average Bonchev–Trinajstić information content (AvgIpc) is 3.13. The van der Waals surface area contributed by atoms with Gasteiger partial charge >= 0.3 is 0 Å². The number of aromatic nitrogens is 1. The van der Waals surface area contributed by atoms with Gasteiger partial charge in [-0.25, -0.2) is 8.42 Å². The number of rotatable bonds is 4. The van der Waals surface area contributed by atoms with E-state index in [1.54, 1.807) is 6.20 Å². The number of sulfone groups is 1. The summed E-state index contributed by atoms with van der Waals surface area (Å²) in [5, 5.41) is 0. The number of piperazine rings is 1. The van der Waals surface area contributed by atoms with Crippen LogP contribution in [0.1, 0.15) is 17.2 Å². The molecule has 4 heterocycles. The summed E-state index contributed by atoms with van der Waals surface area (Å²) in [5.74, 6) is 2.26. The monoisotopic (exact) mass is 361 g/mol. The fraction of sp³-hybridized carbons (Fsp3) is 0.500. The molecule has 6 nitrogen and oxygen atoms in total. The van der Waals surface area contributed by atoms with Crippen LogP contribution in [0.15, 0.2) is 40.9 Å². The van der Waals surface area contributed by atoms with Crippen LogP contribution in [0.4, 0.5) is 0 Å². The lowest BCUT2D eigenvalue weighted by atomic mass is 10.0. The zero-order valence-corrected chi connectivity index (χ0v) is 15.2. The number of aryl methyl sites for hydroxylation is 1. The minimum atomic E-state index is -3.01. The van der Waals surface area contributed by atoms with Gasteiger partial charge in [0.1, 0.15) is 11.5 Å². The molecule has 2 aliphatic rings. The van der Waals surface area contributed by atoms with Crippen molar-refractivity contribution in [3.63, 3.8) is 0 Å². The Morgan fingerprint density at radius 2 is 1.80 bits per heavy atom. The van der Waals surface area contributed by atoms with E-state index in [2.05, 4.69) is 14.8 Å². The molecule has 2 atom stereocenters. The molecule has 0 N–H and O–H groups in total. The smallest absolute Gasteiger partial charge is 0.153 e. The Hall–Kier alpha value is -1.70. The largest absolute Gasteiger partial charge is 0.465 e. The van der Waals surface area contributed by atoms with Gasteiger partial charge in [0.15, 0.2) is 9.84 Å². The van der Waals surface area contributed by atoms with E-state index in [1.807, 2.05) is 37.3 Å². The zero-order valence-electron chi connectivity index (χ0n) is 14.3. The van der Waals surface area contributed by atoms with Crippen LogP contribution in [-0.2, 0) is 22.9 Å². The highest BCUT2D eigenvalue weighted by molar-refractivity contribution is 7.91. The van der Waals surface area contributed by atoms with Crippen molar-refractivity contribution in [1.82, 2.24) is 14.8 Å². The highest BCUT2D eigenvalue weighted by Crippen LogP contribution is 2.29. The van der Waals surface area contributed by atoms with Gasteiger partial charge in [-0.15, -0.1) is 0 Å². The van der Waals surface area contributed by atoms with Gasteiger partial charge in [0.2, 0.25) is 0 Å². The maximum absolute atomic E-state index is 12.3. The molecule has 134 valence electrons. The van der Waals surface area contributed by atoms with E-state index in [9.17, 15) is 8.42 Å². The van der Waals surface area contributed by atoms with E-state index in [0.29, 0.717) is 13.1 Å². The van der Waals surface area contributed by atoms with Crippen molar-refractivity contribution in [3.05, 3.63) is 53.7 Å². The lowest BCUT2D eigenvalue weighted by Gasteiger charge is -2.43. The van der Waals surface area contributed by atoms with Crippen LogP contribution < -0.4 is 0 Å². The van der Waals surface area contributed by atoms with Crippen LogP contribution in [0.3, 0.4) is 0 Å². The van der Waals surface area contributed by atoms with Crippen LogP contribution in [0.25, 0.3) is 0 Å². The number of hydrogen-bond donors (Lipinski definition) is 0. The van der Waals surface area contributed by atoms with E-state index < -0.39 is 9.84 Å². The van der Waals surface area contributed by atoms with Gasteiger partial charge in [-0.1, -0.05) is 6.07 Å². The number of furan rings is 1. The summed E-state index contributed by atoms with van der Waals surface area (Å²) in [6, 6.07) is 9.85. The van der Waals surface area contributed by atoms with Crippen LogP contribution in [0.2, 0.25) is 0 Å². The van der Waals surface area contributed by atoms with Crippen molar-refractivity contribution >= 4 is 9.84 Å². The molecule has 0 saturated carbocycles. The summed E-state index contributed by atoms with van der Waals surface area (Å²) in [6.07, 6.45) is 1.79. The molecule has 7 heteroatoms. The van der Waals surface area contributed by atoms with Crippen molar-refractivity contribution in [2.75, 3.05) is 24.6 Å². The molecule has 0 radical (unpaired) electrons. The summed E-state index contributed by atoms with van der Waals surface area (Å²) in [6.45, 7) is 4.97. The van der Waals surface area contributed by atoms with Gasteiger partial charge in [-0.2, -0.15) is 0 Å². The van der Waals surface area contributed by atoms with Gasteiger partial charge in [0.05, 0.1) is 23.7 Å². The molecule has 2 fully saturated rings. The van der Waals surface area contributed by atoms with Gasteiger partial charge in [-0.05, 0) is 31.2 Å². The summed E-state index contributed by atoms with van der Waals surface area (Å²) in [5.41, 5.74) is 0.987. The van der Waals surface area contributed by atoms with Crippen molar-refractivity contribution in [3.8, 4) is 0 Å². The summed E-state index contributed by atoms with van der Waals surface area (Å²) in [7, 11) is -3.01. The van der Waals surface area contributed by atoms with E-state index in [1.165, 1.54) is 0 Å². The lowest BCUT2D eigenvalue weighted by Crippen LogP contribution is -2.58. The van der Waals surface area contributed by atoms with E-state index in [-0.39, 0.29) is 23.6 Å². The molecule has 2 aromatic rings. The lowest BCUT2D eigenvalue weighted by molar-refractivity contribution is 0.0309. The first-order valence-electron chi connectivity index (χ1n) is 8.64. The maximum Gasteiger partial charge on any atom is 0.153 e. The highest BCUT2D eigenvalue weighted by Gasteiger charge is 2.46. The minimum Gasteiger partial charge on any atom is -0.465 e. The molecular formula is C18H23N3O3S. The summed E-state index contributed by atoms with van der Waals surface area (Å²) in [4.78, 5) is 8.94. The molecule has 0 aromatic carbocycles. The number of fused-ring (bicyclic) bond motifs is 1. The predicted octanol–water partition coefficient (Wildman–Crippen LogP) is 1.47. The van der Waals surface area contributed by atoms with Gasteiger partial charge in [0.25, 0.3) is 0 Å². The molecule has 4 rings (SSSR count). The van der Waals surface area contributed by atoms with Crippen molar-refractivity contribution < 1.29 is 12.8 Å². The number of hydrogen-bond acceptors (Lipinski definition) is 6. The Kier molecular flexibility index (Phi) is 4.39. The van der Waals surface area contributed by atoms with Crippen molar-refractivity contribution in [2.24, 2.45) is 0 Å². The number of nitrogens with zero attached hydrogens (tertiary/aromatic N) is 3. The predicted molar refractivity (Wildman–Crippen MR) is 94.7 cm³/mol. The quantitative estimate of drug-likeness (QED) is 0.822. The van der Waals surface area contributed by atoms with E-state index >= 15 is 0 Å². The first kappa shape index (κ1) is 16.8. The van der Waals surface area contributed by atoms with Crippen LogP contribution >= 0.6 is 0 Å². The van der Waals surface area contributed by atoms with Gasteiger partial charge in [-0.3, -0.25) is 14.8 Å². The van der Waals surface area contributed by atoms with Gasteiger partial charge in [0, 0.05) is 37.9 Å². The van der Waals surface area contributed by atoms with Crippen molar-refractivity contribution in [1.29, 1.82) is 0 Å². The second kappa shape index (κ2) is 6.55. The topological polar surface area (TPSA) is 66.7 Å². The third kappa shape index (κ3) is 3.63. The Morgan fingerprint density at radius 3 is 2.40 bits per heavy atom. The van der Waals surface area contributed by atoms with E-state index in [0.717, 1.165) is 30.3 Å². The molecule has 0 spiro atoms.